The van der Waals surface area contributed by atoms with Gasteiger partial charge in [0.05, 0.1) is 11.3 Å². The van der Waals surface area contributed by atoms with Gasteiger partial charge in [-0.1, -0.05) is 18.2 Å². The van der Waals surface area contributed by atoms with Gasteiger partial charge in [-0.25, -0.2) is 9.78 Å². The summed E-state index contributed by atoms with van der Waals surface area (Å²) in [6.07, 6.45) is 1.01. The minimum Gasteiger partial charge on any atom is -0.478 e. The average Bonchev–Trinajstić information content (AvgIpc) is 2.41. The first kappa shape index (κ1) is 14.0. The summed E-state index contributed by atoms with van der Waals surface area (Å²) in [5.74, 6) is -1.16. The van der Waals surface area contributed by atoms with Crippen molar-refractivity contribution in [2.75, 3.05) is 4.72 Å². The molecule has 6 nitrogen and oxygen atoms in total. The number of pyridine rings is 1. The molecule has 1 heterocycles. The Labute approximate surface area is 116 Å². The van der Waals surface area contributed by atoms with Crippen molar-refractivity contribution in [2.24, 2.45) is 0 Å². The Balaban J connectivity index is 2.31. The van der Waals surface area contributed by atoms with Crippen LogP contribution in [0.4, 0.5) is 5.69 Å². The van der Waals surface area contributed by atoms with Crippen molar-refractivity contribution in [1.29, 1.82) is 0 Å². The van der Waals surface area contributed by atoms with E-state index in [0.29, 0.717) is 5.69 Å². The molecule has 0 aliphatic heterocycles. The van der Waals surface area contributed by atoms with Gasteiger partial charge in [0.25, 0.3) is 10.0 Å². The average molecular weight is 292 g/mol. The van der Waals surface area contributed by atoms with E-state index in [0.717, 1.165) is 17.8 Å². The van der Waals surface area contributed by atoms with Gasteiger partial charge in [0, 0.05) is 6.20 Å². The minimum absolute atomic E-state index is 0.0696. The van der Waals surface area contributed by atoms with Gasteiger partial charge in [0.15, 0.2) is 5.03 Å². The van der Waals surface area contributed by atoms with Gasteiger partial charge in [0.2, 0.25) is 0 Å². The molecule has 104 valence electrons. The van der Waals surface area contributed by atoms with Crippen LogP contribution in [0.5, 0.6) is 0 Å². The molecular formula is C13H12N2O4S. The van der Waals surface area contributed by atoms with Crippen molar-refractivity contribution in [3.63, 3.8) is 0 Å². The fraction of sp³-hybridized carbons (Fsp3) is 0.0769. The summed E-state index contributed by atoms with van der Waals surface area (Å²) in [4.78, 5) is 14.4. The van der Waals surface area contributed by atoms with Crippen molar-refractivity contribution in [1.82, 2.24) is 4.98 Å². The molecule has 2 N–H and O–H groups in total. The van der Waals surface area contributed by atoms with E-state index in [-0.39, 0.29) is 10.6 Å². The fourth-order valence-corrected chi connectivity index (χ4v) is 2.61. The summed E-state index contributed by atoms with van der Waals surface area (Å²) in [5.41, 5.74) is 1.16. The third-order valence-electron chi connectivity index (χ3n) is 2.65. The summed E-state index contributed by atoms with van der Waals surface area (Å²) in [7, 11) is -3.83. The van der Waals surface area contributed by atoms with Crippen LogP contribution < -0.4 is 4.72 Å². The zero-order chi connectivity index (χ0) is 14.8. The second-order valence-electron chi connectivity index (χ2n) is 4.11. The molecule has 0 unspecified atom stereocenters. The number of hydrogen-bond donors (Lipinski definition) is 2. The number of aryl methyl sites for hydroxylation is 1. The molecule has 0 bridgehead atoms. The van der Waals surface area contributed by atoms with E-state index in [1.807, 2.05) is 0 Å². The highest BCUT2D eigenvalue weighted by Gasteiger charge is 2.17. The van der Waals surface area contributed by atoms with Crippen molar-refractivity contribution in [3.8, 4) is 0 Å². The number of para-hydroxylation sites is 1. The number of nitrogens with one attached hydrogen (secondary N) is 1. The first-order chi connectivity index (χ1) is 9.40. The first-order valence-electron chi connectivity index (χ1n) is 5.68. The minimum atomic E-state index is -3.83. The molecule has 20 heavy (non-hydrogen) atoms. The Morgan fingerprint density at radius 3 is 2.45 bits per heavy atom. The van der Waals surface area contributed by atoms with Crippen molar-refractivity contribution in [2.45, 2.75) is 11.9 Å². The van der Waals surface area contributed by atoms with Gasteiger partial charge in [-0.15, -0.1) is 0 Å². The monoisotopic (exact) mass is 292 g/mol. The summed E-state index contributed by atoms with van der Waals surface area (Å²) < 4.78 is 26.6. The molecule has 0 radical (unpaired) electrons. The van der Waals surface area contributed by atoms with Crippen LogP contribution in [-0.2, 0) is 10.0 Å². The van der Waals surface area contributed by atoms with Crippen molar-refractivity contribution in [3.05, 3.63) is 53.7 Å². The molecular weight excluding hydrogens is 280 g/mol. The summed E-state index contributed by atoms with van der Waals surface area (Å²) in [6.45, 7) is 1.78. The number of nitrogens with zero attached hydrogens (tertiary/aromatic N) is 1. The number of sulfonamides is 1. The summed E-state index contributed by atoms with van der Waals surface area (Å²) in [6, 6.07) is 9.28. The highest BCUT2D eigenvalue weighted by Crippen LogP contribution is 2.18. The van der Waals surface area contributed by atoms with Gasteiger partial charge >= 0.3 is 5.97 Å². The molecule has 0 amide bonds. The lowest BCUT2D eigenvalue weighted by molar-refractivity contribution is 0.0696. The highest BCUT2D eigenvalue weighted by molar-refractivity contribution is 7.92. The summed E-state index contributed by atoms with van der Waals surface area (Å²) in [5, 5.41) is 8.51. The Bertz CT molecular complexity index is 739. The van der Waals surface area contributed by atoms with Crippen LogP contribution >= 0.6 is 0 Å². The number of benzene rings is 1. The Kier molecular flexibility index (Phi) is 3.71. The molecule has 0 atom stereocenters. The largest absolute Gasteiger partial charge is 0.478 e. The zero-order valence-corrected chi connectivity index (χ0v) is 11.4. The molecule has 0 saturated heterocycles. The molecule has 2 rings (SSSR count). The third-order valence-corrected chi connectivity index (χ3v) is 3.93. The Morgan fingerprint density at radius 2 is 1.90 bits per heavy atom. The van der Waals surface area contributed by atoms with E-state index in [9.17, 15) is 13.2 Å². The van der Waals surface area contributed by atoms with E-state index < -0.39 is 16.0 Å². The lowest BCUT2D eigenvalue weighted by Gasteiger charge is -2.09. The predicted molar refractivity (Wildman–Crippen MR) is 73.2 cm³/mol. The van der Waals surface area contributed by atoms with Gasteiger partial charge in [-0.05, 0) is 30.7 Å². The topological polar surface area (TPSA) is 96.4 Å². The van der Waals surface area contributed by atoms with Crippen LogP contribution in [0.1, 0.15) is 15.9 Å². The van der Waals surface area contributed by atoms with E-state index in [2.05, 4.69) is 9.71 Å². The number of hydrogen-bond acceptors (Lipinski definition) is 4. The van der Waals surface area contributed by atoms with E-state index in [1.54, 1.807) is 31.2 Å². The molecule has 0 fully saturated rings. The van der Waals surface area contributed by atoms with E-state index in [4.69, 9.17) is 5.11 Å². The normalized spacial score (nSPS) is 11.1. The Morgan fingerprint density at radius 1 is 1.20 bits per heavy atom. The standard InChI is InChI=1S/C13H12N2O4S/c1-9-4-2-3-5-11(9)15-20(18,19)12-7-6-10(8-14-12)13(16)17/h2-8,15H,1H3,(H,16,17). The smallest absolute Gasteiger partial charge is 0.337 e. The van der Waals surface area contributed by atoms with Gasteiger partial charge in [-0.3, -0.25) is 4.72 Å². The number of aromatic nitrogens is 1. The van der Waals surface area contributed by atoms with Crippen LogP contribution in [0, 0.1) is 6.92 Å². The zero-order valence-electron chi connectivity index (χ0n) is 10.6. The van der Waals surface area contributed by atoms with Gasteiger partial charge < -0.3 is 5.11 Å². The molecule has 0 aliphatic carbocycles. The molecule has 0 aliphatic rings. The van der Waals surface area contributed by atoms with Crippen molar-refractivity contribution >= 4 is 21.7 Å². The highest BCUT2D eigenvalue weighted by atomic mass is 32.2. The molecule has 2 aromatic rings. The maximum atomic E-state index is 12.1. The van der Waals surface area contributed by atoms with Crippen LogP contribution in [0.3, 0.4) is 0 Å². The van der Waals surface area contributed by atoms with Crippen molar-refractivity contribution < 1.29 is 18.3 Å². The number of anilines is 1. The fourth-order valence-electron chi connectivity index (χ4n) is 1.55. The molecule has 7 heteroatoms. The number of carboxylic acids is 1. The molecule has 1 aromatic carbocycles. The van der Waals surface area contributed by atoms with Crippen LogP contribution in [0.2, 0.25) is 0 Å². The number of carbonyl (C=O) groups is 1. The number of aromatic carboxylic acids is 1. The van der Waals surface area contributed by atoms with Crippen LogP contribution in [0.15, 0.2) is 47.6 Å². The molecule has 0 saturated carbocycles. The molecule has 1 aromatic heterocycles. The second kappa shape index (κ2) is 5.30. The molecule has 0 spiro atoms. The second-order valence-corrected chi connectivity index (χ2v) is 5.74. The third kappa shape index (κ3) is 2.94. The van der Waals surface area contributed by atoms with E-state index >= 15 is 0 Å². The maximum absolute atomic E-state index is 12.1. The van der Waals surface area contributed by atoms with E-state index in [1.165, 1.54) is 6.07 Å². The van der Waals surface area contributed by atoms with Gasteiger partial charge in [0.1, 0.15) is 0 Å². The lowest BCUT2D eigenvalue weighted by atomic mass is 10.2. The predicted octanol–water partition coefficient (Wildman–Crippen LogP) is 1.89. The first-order valence-corrected chi connectivity index (χ1v) is 7.16. The number of rotatable bonds is 4. The SMILES string of the molecule is Cc1ccccc1NS(=O)(=O)c1ccc(C(=O)O)cn1. The van der Waals surface area contributed by atoms with Crippen LogP contribution in [0.25, 0.3) is 0 Å². The van der Waals surface area contributed by atoms with Gasteiger partial charge in [-0.2, -0.15) is 8.42 Å². The summed E-state index contributed by atoms with van der Waals surface area (Å²) >= 11 is 0. The van der Waals surface area contributed by atoms with Crippen LogP contribution in [-0.4, -0.2) is 24.5 Å². The maximum Gasteiger partial charge on any atom is 0.337 e. The lowest BCUT2D eigenvalue weighted by Crippen LogP contribution is -2.15. The Hall–Kier alpha value is -2.41. The number of carboxylic acid groups (broad SMARTS) is 1. The quantitative estimate of drug-likeness (QED) is 0.897.